The van der Waals surface area contributed by atoms with E-state index in [0.717, 1.165) is 11.1 Å². The van der Waals surface area contributed by atoms with Crippen molar-refractivity contribution in [3.05, 3.63) is 83.6 Å². The van der Waals surface area contributed by atoms with Gasteiger partial charge in [0.05, 0.1) is 13.7 Å². The molecule has 0 aliphatic rings. The van der Waals surface area contributed by atoms with Crippen molar-refractivity contribution in [2.24, 2.45) is 0 Å². The minimum Gasteiger partial charge on any atom is -0.493 e. The molecule has 6 nitrogen and oxygen atoms in total. The fourth-order valence-corrected chi connectivity index (χ4v) is 2.74. The lowest BCUT2D eigenvalue weighted by molar-refractivity contribution is 0.0950. The molecule has 1 aromatic heterocycles. The van der Waals surface area contributed by atoms with Crippen LogP contribution in [0.25, 0.3) is 0 Å². The van der Waals surface area contributed by atoms with Crippen LogP contribution in [0.5, 0.6) is 17.4 Å². The number of hydrogen-bond acceptors (Lipinski definition) is 5. The summed E-state index contributed by atoms with van der Waals surface area (Å²) in [4.78, 5) is 16.7. The number of benzene rings is 2. The monoisotopic (exact) mass is 392 g/mol. The number of nitrogens with one attached hydrogen (secondary N) is 1. The smallest absolute Gasteiger partial charge is 0.251 e. The lowest BCUT2D eigenvalue weighted by atomic mass is 10.2. The summed E-state index contributed by atoms with van der Waals surface area (Å²) in [7, 11) is 1.59. The molecule has 0 aliphatic carbocycles. The predicted molar refractivity (Wildman–Crippen MR) is 110 cm³/mol. The molecule has 0 saturated carbocycles. The lowest BCUT2D eigenvalue weighted by Crippen LogP contribution is -2.22. The summed E-state index contributed by atoms with van der Waals surface area (Å²) in [6.45, 7) is 3.23. The van der Waals surface area contributed by atoms with E-state index < -0.39 is 0 Å². The normalized spacial score (nSPS) is 10.3. The molecule has 3 aromatic rings. The first-order valence-electron chi connectivity index (χ1n) is 9.40. The molecule has 2 aromatic carbocycles. The molecule has 0 radical (unpaired) electrons. The second-order valence-corrected chi connectivity index (χ2v) is 6.26. The Balaban J connectivity index is 1.59. The number of rotatable bonds is 9. The van der Waals surface area contributed by atoms with E-state index >= 15 is 0 Å². The molecule has 6 heteroatoms. The third-order valence-corrected chi connectivity index (χ3v) is 4.21. The second-order valence-electron chi connectivity index (χ2n) is 6.26. The van der Waals surface area contributed by atoms with Crippen LogP contribution in [0.2, 0.25) is 0 Å². The highest BCUT2D eigenvalue weighted by atomic mass is 16.5. The average molecular weight is 392 g/mol. The molecule has 3 rings (SSSR count). The second kappa shape index (κ2) is 10.1. The number of carbonyl (C=O) groups is 1. The van der Waals surface area contributed by atoms with Crippen LogP contribution < -0.4 is 19.5 Å². The summed E-state index contributed by atoms with van der Waals surface area (Å²) >= 11 is 0. The quantitative estimate of drug-likeness (QED) is 0.596. The fourth-order valence-electron chi connectivity index (χ4n) is 2.74. The van der Waals surface area contributed by atoms with Gasteiger partial charge in [-0.1, -0.05) is 36.4 Å². The van der Waals surface area contributed by atoms with E-state index in [1.807, 2.05) is 55.5 Å². The van der Waals surface area contributed by atoms with Gasteiger partial charge in [0.2, 0.25) is 5.88 Å². The Hall–Kier alpha value is -3.54. The molecule has 0 fully saturated rings. The van der Waals surface area contributed by atoms with Crippen LogP contribution in [-0.4, -0.2) is 24.6 Å². The molecule has 0 atom stereocenters. The van der Waals surface area contributed by atoms with E-state index in [1.54, 1.807) is 25.4 Å². The first-order chi connectivity index (χ1) is 14.2. The SMILES string of the molecule is CCOc1ccc(CNC(=O)c2ccnc(OCc3ccccc3)c2)cc1OC. The van der Waals surface area contributed by atoms with Crippen molar-refractivity contribution < 1.29 is 19.0 Å². The van der Waals surface area contributed by atoms with E-state index in [0.29, 0.717) is 42.7 Å². The van der Waals surface area contributed by atoms with Gasteiger partial charge in [-0.3, -0.25) is 4.79 Å². The fraction of sp³-hybridized carbons (Fsp3) is 0.217. The van der Waals surface area contributed by atoms with Crippen LogP contribution in [0.1, 0.15) is 28.4 Å². The zero-order valence-electron chi connectivity index (χ0n) is 16.6. The highest BCUT2D eigenvalue weighted by Crippen LogP contribution is 2.28. The first-order valence-corrected chi connectivity index (χ1v) is 9.40. The summed E-state index contributed by atoms with van der Waals surface area (Å²) in [5.41, 5.74) is 2.43. The molecule has 1 heterocycles. The minimum atomic E-state index is -0.204. The molecule has 0 bridgehead atoms. The van der Waals surface area contributed by atoms with Crippen molar-refractivity contribution in [3.63, 3.8) is 0 Å². The molecule has 1 N–H and O–H groups in total. The highest BCUT2D eigenvalue weighted by Gasteiger charge is 2.10. The van der Waals surface area contributed by atoms with Gasteiger partial charge < -0.3 is 19.5 Å². The van der Waals surface area contributed by atoms with Crippen LogP contribution in [0.3, 0.4) is 0 Å². The number of aromatic nitrogens is 1. The molecule has 0 spiro atoms. The van der Waals surface area contributed by atoms with Gasteiger partial charge >= 0.3 is 0 Å². The Kier molecular flexibility index (Phi) is 7.05. The van der Waals surface area contributed by atoms with E-state index in [1.165, 1.54) is 0 Å². The van der Waals surface area contributed by atoms with Crippen molar-refractivity contribution in [2.75, 3.05) is 13.7 Å². The zero-order chi connectivity index (χ0) is 20.5. The van der Waals surface area contributed by atoms with Gasteiger partial charge in [0.15, 0.2) is 11.5 Å². The number of nitrogens with zero attached hydrogens (tertiary/aromatic N) is 1. The van der Waals surface area contributed by atoms with Crippen LogP contribution in [-0.2, 0) is 13.2 Å². The van der Waals surface area contributed by atoms with Crippen LogP contribution in [0.15, 0.2) is 66.9 Å². The summed E-state index contributed by atoms with van der Waals surface area (Å²) in [5.74, 6) is 1.52. The maximum Gasteiger partial charge on any atom is 0.251 e. The van der Waals surface area contributed by atoms with Gasteiger partial charge in [-0.25, -0.2) is 4.98 Å². The third kappa shape index (κ3) is 5.72. The molecule has 0 aliphatic heterocycles. The standard InChI is InChI=1S/C23H24N2O4/c1-3-28-20-10-9-18(13-21(20)27-2)15-25-23(26)19-11-12-24-22(14-19)29-16-17-7-5-4-6-8-17/h4-14H,3,15-16H2,1-2H3,(H,25,26). The molecular formula is C23H24N2O4. The molecular weight excluding hydrogens is 368 g/mol. The maximum atomic E-state index is 12.5. The van der Waals surface area contributed by atoms with Crippen molar-refractivity contribution in [2.45, 2.75) is 20.1 Å². The van der Waals surface area contributed by atoms with E-state index in [-0.39, 0.29) is 5.91 Å². The van der Waals surface area contributed by atoms with Crippen molar-refractivity contribution in [3.8, 4) is 17.4 Å². The average Bonchev–Trinajstić information content (AvgIpc) is 2.78. The van der Waals surface area contributed by atoms with E-state index in [4.69, 9.17) is 14.2 Å². The minimum absolute atomic E-state index is 0.204. The topological polar surface area (TPSA) is 69.7 Å². The Morgan fingerprint density at radius 3 is 2.55 bits per heavy atom. The highest BCUT2D eigenvalue weighted by molar-refractivity contribution is 5.94. The first kappa shape index (κ1) is 20.2. The zero-order valence-corrected chi connectivity index (χ0v) is 16.6. The number of ether oxygens (including phenoxy) is 3. The number of hydrogen-bond donors (Lipinski definition) is 1. The van der Waals surface area contributed by atoms with Crippen molar-refractivity contribution in [1.29, 1.82) is 0 Å². The number of amides is 1. The van der Waals surface area contributed by atoms with Crippen LogP contribution >= 0.6 is 0 Å². The molecule has 0 saturated heterocycles. The van der Waals surface area contributed by atoms with Gasteiger partial charge in [0, 0.05) is 24.4 Å². The summed E-state index contributed by atoms with van der Waals surface area (Å²) in [5, 5.41) is 2.90. The summed E-state index contributed by atoms with van der Waals surface area (Å²) in [6.07, 6.45) is 1.56. The van der Waals surface area contributed by atoms with E-state index in [9.17, 15) is 4.79 Å². The molecule has 1 amide bonds. The van der Waals surface area contributed by atoms with Gasteiger partial charge in [-0.2, -0.15) is 0 Å². The Morgan fingerprint density at radius 1 is 0.966 bits per heavy atom. The van der Waals surface area contributed by atoms with Crippen molar-refractivity contribution >= 4 is 5.91 Å². The van der Waals surface area contributed by atoms with Crippen LogP contribution in [0, 0.1) is 0 Å². The molecule has 150 valence electrons. The molecule has 0 unspecified atom stereocenters. The predicted octanol–water partition coefficient (Wildman–Crippen LogP) is 4.00. The van der Waals surface area contributed by atoms with E-state index in [2.05, 4.69) is 10.3 Å². The number of pyridine rings is 1. The lowest BCUT2D eigenvalue weighted by Gasteiger charge is -2.12. The summed E-state index contributed by atoms with van der Waals surface area (Å²) < 4.78 is 16.5. The largest absolute Gasteiger partial charge is 0.493 e. The Morgan fingerprint density at radius 2 is 1.79 bits per heavy atom. The maximum absolute atomic E-state index is 12.5. The van der Waals surface area contributed by atoms with Gasteiger partial charge in [-0.05, 0) is 36.2 Å². The van der Waals surface area contributed by atoms with Crippen molar-refractivity contribution in [1.82, 2.24) is 10.3 Å². The summed E-state index contributed by atoms with van der Waals surface area (Å²) in [6, 6.07) is 18.7. The third-order valence-electron chi connectivity index (χ3n) is 4.21. The number of methoxy groups -OCH3 is 1. The van der Waals surface area contributed by atoms with Gasteiger partial charge in [-0.15, -0.1) is 0 Å². The number of carbonyl (C=O) groups excluding carboxylic acids is 1. The van der Waals surface area contributed by atoms with Crippen LogP contribution in [0.4, 0.5) is 0 Å². The Labute approximate surface area is 170 Å². The van der Waals surface area contributed by atoms with Gasteiger partial charge in [0.25, 0.3) is 5.91 Å². The molecule has 29 heavy (non-hydrogen) atoms. The Bertz CT molecular complexity index is 945. The van der Waals surface area contributed by atoms with Gasteiger partial charge in [0.1, 0.15) is 6.61 Å².